The SMILES string of the molecule is Oc1c(O)c2ccc1cc2-c1c2ccccc2c(-c2ccc(-n3c4ccccc4c4ccccc43)cc2)c2ccccc12. The van der Waals surface area contributed by atoms with Crippen LogP contribution < -0.4 is 0 Å². The highest BCUT2D eigenvalue weighted by molar-refractivity contribution is 6.23. The minimum Gasteiger partial charge on any atom is -0.504 e. The molecule has 0 spiro atoms. The van der Waals surface area contributed by atoms with Gasteiger partial charge in [0.05, 0.1) is 11.0 Å². The highest BCUT2D eigenvalue weighted by atomic mass is 16.3. The first-order valence-electron chi connectivity index (χ1n) is 14.5. The molecule has 0 aliphatic heterocycles. The third-order valence-corrected chi connectivity index (χ3v) is 8.97. The quantitative estimate of drug-likeness (QED) is 0.169. The summed E-state index contributed by atoms with van der Waals surface area (Å²) in [6, 6.07) is 48.8. The van der Waals surface area contributed by atoms with Gasteiger partial charge in [-0.3, -0.25) is 0 Å². The van der Waals surface area contributed by atoms with Crippen molar-refractivity contribution < 1.29 is 10.2 Å². The Balaban J connectivity index is 1.30. The third-order valence-electron chi connectivity index (χ3n) is 8.97. The van der Waals surface area contributed by atoms with E-state index in [0.29, 0.717) is 10.8 Å². The molecule has 0 fully saturated rings. The van der Waals surface area contributed by atoms with E-state index in [0.717, 1.165) is 43.9 Å². The van der Waals surface area contributed by atoms with Crippen molar-refractivity contribution in [3.05, 3.63) is 140 Å². The zero-order valence-corrected chi connectivity index (χ0v) is 23.1. The minimum atomic E-state index is -0.0621. The molecule has 0 aliphatic rings. The van der Waals surface area contributed by atoms with Gasteiger partial charge in [0, 0.05) is 27.2 Å². The maximum absolute atomic E-state index is 10.8. The Morgan fingerprint density at radius 3 is 1.42 bits per heavy atom. The number of phenolic OH excluding ortho intramolecular Hbond substituents is 2. The number of hydrogen-bond acceptors (Lipinski definition) is 2. The number of para-hydroxylation sites is 2. The molecule has 10 aromatic rings. The molecule has 0 aliphatic carbocycles. The van der Waals surface area contributed by atoms with Crippen LogP contribution in [0.2, 0.25) is 0 Å². The van der Waals surface area contributed by atoms with E-state index in [1.165, 1.54) is 27.4 Å². The summed E-state index contributed by atoms with van der Waals surface area (Å²) in [6.07, 6.45) is 0. The predicted octanol–water partition coefficient (Wildman–Crippen LogP) is 10.4. The summed E-state index contributed by atoms with van der Waals surface area (Å²) in [4.78, 5) is 0. The van der Waals surface area contributed by atoms with E-state index in [-0.39, 0.29) is 11.5 Å². The van der Waals surface area contributed by atoms with Crippen LogP contribution in [-0.2, 0) is 0 Å². The number of rotatable bonds is 3. The topological polar surface area (TPSA) is 45.4 Å². The third kappa shape index (κ3) is 3.30. The van der Waals surface area contributed by atoms with Gasteiger partial charge in [0.1, 0.15) is 0 Å². The first kappa shape index (κ1) is 23.9. The van der Waals surface area contributed by atoms with Crippen molar-refractivity contribution in [2.24, 2.45) is 0 Å². The van der Waals surface area contributed by atoms with Gasteiger partial charge < -0.3 is 14.8 Å². The number of phenols is 4. The Morgan fingerprint density at radius 1 is 0.395 bits per heavy atom. The first-order chi connectivity index (χ1) is 21.2. The fourth-order valence-electron chi connectivity index (χ4n) is 7.08. The fourth-order valence-corrected chi connectivity index (χ4v) is 7.08. The Bertz CT molecular complexity index is 2410. The molecule has 0 atom stereocenters. The molecule has 2 N–H and O–H groups in total. The van der Waals surface area contributed by atoms with Gasteiger partial charge in [0.15, 0.2) is 11.5 Å². The van der Waals surface area contributed by atoms with Crippen LogP contribution >= 0.6 is 0 Å². The molecule has 0 amide bonds. The van der Waals surface area contributed by atoms with Crippen molar-refractivity contribution >= 4 is 54.1 Å². The molecule has 3 nitrogen and oxygen atoms in total. The number of aromatic hydroxyl groups is 2. The lowest BCUT2D eigenvalue weighted by Gasteiger charge is -2.20. The molecule has 0 unspecified atom stereocenters. The molecule has 1 heterocycles. The molecule has 43 heavy (non-hydrogen) atoms. The number of nitrogens with zero attached hydrogens (tertiary/aromatic N) is 1. The molecule has 10 rings (SSSR count). The van der Waals surface area contributed by atoms with Gasteiger partial charge in [-0.25, -0.2) is 0 Å². The monoisotopic (exact) mass is 551 g/mol. The van der Waals surface area contributed by atoms with Gasteiger partial charge >= 0.3 is 0 Å². The summed E-state index contributed by atoms with van der Waals surface area (Å²) < 4.78 is 2.34. The van der Waals surface area contributed by atoms with Crippen molar-refractivity contribution in [3.8, 4) is 39.4 Å². The van der Waals surface area contributed by atoms with Gasteiger partial charge in [0.25, 0.3) is 0 Å². The van der Waals surface area contributed by atoms with E-state index in [9.17, 15) is 10.2 Å². The van der Waals surface area contributed by atoms with Crippen molar-refractivity contribution in [3.63, 3.8) is 0 Å². The molecule has 1 aromatic heterocycles. The smallest absolute Gasteiger partial charge is 0.166 e. The largest absolute Gasteiger partial charge is 0.504 e. The van der Waals surface area contributed by atoms with Crippen LogP contribution in [0.4, 0.5) is 0 Å². The second-order valence-corrected chi connectivity index (χ2v) is 11.2. The maximum Gasteiger partial charge on any atom is 0.166 e. The van der Waals surface area contributed by atoms with Gasteiger partial charge in [0.2, 0.25) is 0 Å². The Morgan fingerprint density at radius 2 is 0.884 bits per heavy atom. The summed E-state index contributed by atoms with van der Waals surface area (Å²) in [5.74, 6) is -0.122. The second kappa shape index (κ2) is 8.85. The van der Waals surface area contributed by atoms with Gasteiger partial charge in [-0.15, -0.1) is 0 Å². The number of hydrogen-bond donors (Lipinski definition) is 2. The normalized spacial score (nSPS) is 11.9. The summed E-state index contributed by atoms with van der Waals surface area (Å²) in [5.41, 5.74) is 7.82. The fraction of sp³-hybridized carbons (Fsp3) is 0. The predicted molar refractivity (Wildman–Crippen MR) is 179 cm³/mol. The van der Waals surface area contributed by atoms with Crippen molar-refractivity contribution in [1.82, 2.24) is 4.57 Å². The lowest BCUT2D eigenvalue weighted by atomic mass is 9.84. The lowest BCUT2D eigenvalue weighted by Crippen LogP contribution is -1.95. The summed E-state index contributed by atoms with van der Waals surface area (Å²) in [5, 5.41) is 29.5. The molecular weight excluding hydrogens is 526 g/mol. The highest BCUT2D eigenvalue weighted by Gasteiger charge is 2.21. The molecule has 3 heteroatoms. The van der Waals surface area contributed by atoms with Crippen LogP contribution in [0, 0.1) is 0 Å². The molecular formula is C40H25NO2. The Kier molecular flexibility index (Phi) is 4.91. The van der Waals surface area contributed by atoms with Crippen LogP contribution in [-0.4, -0.2) is 14.8 Å². The van der Waals surface area contributed by atoms with Crippen LogP contribution in [0.5, 0.6) is 11.5 Å². The van der Waals surface area contributed by atoms with Gasteiger partial charge in [-0.2, -0.15) is 0 Å². The summed E-state index contributed by atoms with van der Waals surface area (Å²) >= 11 is 0. The molecule has 0 saturated carbocycles. The Labute approximate surface area is 247 Å². The molecule has 0 radical (unpaired) electrons. The number of aromatic nitrogens is 1. The molecule has 202 valence electrons. The maximum atomic E-state index is 10.8. The van der Waals surface area contributed by atoms with Crippen molar-refractivity contribution in [1.29, 1.82) is 0 Å². The second-order valence-electron chi connectivity index (χ2n) is 11.2. The van der Waals surface area contributed by atoms with Crippen LogP contribution in [0.25, 0.3) is 82.1 Å². The van der Waals surface area contributed by atoms with E-state index >= 15 is 0 Å². The Hall–Kier alpha value is -5.80. The van der Waals surface area contributed by atoms with E-state index in [1.807, 2.05) is 18.2 Å². The first-order valence-corrected chi connectivity index (χ1v) is 14.5. The van der Waals surface area contributed by atoms with Crippen LogP contribution in [0.3, 0.4) is 0 Å². The lowest BCUT2D eigenvalue weighted by molar-refractivity contribution is 0.411. The van der Waals surface area contributed by atoms with E-state index in [1.54, 1.807) is 0 Å². The van der Waals surface area contributed by atoms with Gasteiger partial charge in [-0.05, 0) is 80.2 Å². The average molecular weight is 552 g/mol. The molecule has 9 aromatic carbocycles. The minimum absolute atomic E-state index is 0.0604. The van der Waals surface area contributed by atoms with Crippen LogP contribution in [0.15, 0.2) is 140 Å². The molecule has 0 saturated heterocycles. The summed E-state index contributed by atoms with van der Waals surface area (Å²) in [6.45, 7) is 0. The number of benzene rings is 9. The summed E-state index contributed by atoms with van der Waals surface area (Å²) in [7, 11) is 0. The van der Waals surface area contributed by atoms with E-state index < -0.39 is 0 Å². The zero-order chi connectivity index (χ0) is 28.7. The van der Waals surface area contributed by atoms with Crippen molar-refractivity contribution in [2.75, 3.05) is 0 Å². The molecule has 2 bridgehead atoms. The van der Waals surface area contributed by atoms with Gasteiger partial charge in [-0.1, -0.05) is 103 Å². The number of fused-ring (bicyclic) bond motifs is 8. The average Bonchev–Trinajstić information content (AvgIpc) is 3.40. The van der Waals surface area contributed by atoms with Crippen molar-refractivity contribution in [2.45, 2.75) is 0 Å². The highest BCUT2D eigenvalue weighted by Crippen LogP contribution is 2.49. The zero-order valence-electron chi connectivity index (χ0n) is 23.1. The van der Waals surface area contributed by atoms with E-state index in [2.05, 4.69) is 126 Å². The standard InChI is InChI=1S/C40H25NO2/c42-39-25-19-22-33(40(39)43)34(23-25)38-31-13-3-1-11-29(31)37(30-12-2-4-14-32(30)38)24-17-20-26(21-18-24)41-35-15-7-5-9-27(35)28-10-6-8-16-36(28)41/h1-23,42-43H. The van der Waals surface area contributed by atoms with Crippen LogP contribution in [0.1, 0.15) is 0 Å². The van der Waals surface area contributed by atoms with E-state index in [4.69, 9.17) is 0 Å².